The Hall–Kier alpha value is -2.17. The lowest BCUT2D eigenvalue weighted by atomic mass is 10.3. The van der Waals surface area contributed by atoms with Crippen molar-refractivity contribution in [1.29, 1.82) is 0 Å². The van der Waals surface area contributed by atoms with Crippen LogP contribution in [-0.4, -0.2) is 20.7 Å². The molecule has 14 heavy (non-hydrogen) atoms. The lowest BCUT2D eigenvalue weighted by Crippen LogP contribution is -2.16. The Kier molecular flexibility index (Phi) is 1.98. The number of amides is 1. The van der Waals surface area contributed by atoms with Crippen LogP contribution >= 0.6 is 0 Å². The minimum atomic E-state index is -0.559. The summed E-state index contributed by atoms with van der Waals surface area (Å²) in [5.74, 6) is -0.559. The molecule has 0 aliphatic rings. The molecule has 2 aromatic heterocycles. The molecule has 5 heteroatoms. The molecule has 0 fully saturated rings. The summed E-state index contributed by atoms with van der Waals surface area (Å²) in [6.45, 7) is 0. The highest BCUT2D eigenvalue weighted by Gasteiger charge is 2.09. The van der Waals surface area contributed by atoms with Gasteiger partial charge in [0.15, 0.2) is 5.69 Å². The van der Waals surface area contributed by atoms with Crippen LogP contribution in [-0.2, 0) is 0 Å². The van der Waals surface area contributed by atoms with Crippen molar-refractivity contribution in [3.63, 3.8) is 0 Å². The first-order chi connectivity index (χ1) is 6.79. The van der Waals surface area contributed by atoms with E-state index in [4.69, 9.17) is 5.73 Å². The van der Waals surface area contributed by atoms with Crippen molar-refractivity contribution in [1.82, 2.24) is 14.8 Å². The van der Waals surface area contributed by atoms with E-state index in [-0.39, 0.29) is 5.69 Å². The number of rotatable bonds is 2. The molecule has 0 radical (unpaired) electrons. The number of aromatic nitrogens is 3. The molecule has 5 nitrogen and oxygen atoms in total. The molecule has 0 saturated carbocycles. The van der Waals surface area contributed by atoms with Crippen LogP contribution in [0, 0.1) is 0 Å². The molecule has 2 aromatic rings. The van der Waals surface area contributed by atoms with Gasteiger partial charge in [0, 0.05) is 18.6 Å². The van der Waals surface area contributed by atoms with E-state index in [1.807, 2.05) is 0 Å². The molecule has 0 bridgehead atoms. The number of primary amides is 1. The molecule has 0 saturated heterocycles. The van der Waals surface area contributed by atoms with E-state index in [2.05, 4.69) is 10.1 Å². The lowest BCUT2D eigenvalue weighted by Gasteiger charge is -2.04. The van der Waals surface area contributed by atoms with Crippen molar-refractivity contribution >= 4 is 5.91 Å². The smallest absolute Gasteiger partial charge is 0.269 e. The van der Waals surface area contributed by atoms with Crippen molar-refractivity contribution in [2.45, 2.75) is 0 Å². The average Bonchev–Trinajstić information content (AvgIpc) is 2.70. The summed E-state index contributed by atoms with van der Waals surface area (Å²) in [4.78, 5) is 14.9. The maximum absolute atomic E-state index is 11.0. The maximum Gasteiger partial charge on any atom is 0.269 e. The van der Waals surface area contributed by atoms with Crippen LogP contribution in [0.1, 0.15) is 10.5 Å². The van der Waals surface area contributed by atoms with Crippen molar-refractivity contribution in [2.24, 2.45) is 5.73 Å². The fraction of sp³-hybridized carbons (Fsp3) is 0. The van der Waals surface area contributed by atoms with Crippen LogP contribution < -0.4 is 5.73 Å². The zero-order chi connectivity index (χ0) is 9.97. The normalized spacial score (nSPS) is 10.0. The van der Waals surface area contributed by atoms with Gasteiger partial charge in [-0.3, -0.25) is 4.79 Å². The van der Waals surface area contributed by atoms with E-state index in [0.29, 0.717) is 5.69 Å². The van der Waals surface area contributed by atoms with Gasteiger partial charge in [0.25, 0.3) is 5.91 Å². The first-order valence-electron chi connectivity index (χ1n) is 4.04. The Balaban J connectivity index is 2.58. The van der Waals surface area contributed by atoms with Crippen molar-refractivity contribution in [2.75, 3.05) is 0 Å². The van der Waals surface area contributed by atoms with Gasteiger partial charge in [-0.2, -0.15) is 5.10 Å². The fourth-order valence-electron chi connectivity index (χ4n) is 1.18. The van der Waals surface area contributed by atoms with Crippen molar-refractivity contribution in [3.05, 3.63) is 42.5 Å². The van der Waals surface area contributed by atoms with E-state index in [0.717, 1.165) is 0 Å². The Bertz CT molecular complexity index is 450. The molecular formula is C9H8N4O. The SMILES string of the molecule is NC(=O)c1ncccc1-n1cccn1. The zero-order valence-electron chi connectivity index (χ0n) is 7.29. The van der Waals surface area contributed by atoms with Gasteiger partial charge >= 0.3 is 0 Å². The summed E-state index contributed by atoms with van der Waals surface area (Å²) in [6, 6.07) is 5.22. The topological polar surface area (TPSA) is 73.8 Å². The van der Waals surface area contributed by atoms with Gasteiger partial charge in [0.2, 0.25) is 0 Å². The monoisotopic (exact) mass is 188 g/mol. The summed E-state index contributed by atoms with van der Waals surface area (Å²) < 4.78 is 1.55. The van der Waals surface area contributed by atoms with Crippen molar-refractivity contribution in [3.8, 4) is 5.69 Å². The number of pyridine rings is 1. The van der Waals surface area contributed by atoms with Crippen molar-refractivity contribution < 1.29 is 4.79 Å². The number of hydrogen-bond acceptors (Lipinski definition) is 3. The van der Waals surface area contributed by atoms with Crippen LogP contribution in [0.15, 0.2) is 36.8 Å². The minimum Gasteiger partial charge on any atom is -0.364 e. The van der Waals surface area contributed by atoms with Gasteiger partial charge in [-0.1, -0.05) is 0 Å². The molecule has 0 aliphatic carbocycles. The molecule has 0 spiro atoms. The van der Waals surface area contributed by atoms with Gasteiger partial charge in [-0.15, -0.1) is 0 Å². The quantitative estimate of drug-likeness (QED) is 0.739. The third-order valence-corrected chi connectivity index (χ3v) is 1.77. The Morgan fingerprint density at radius 1 is 1.36 bits per heavy atom. The minimum absolute atomic E-state index is 0.219. The van der Waals surface area contributed by atoms with Gasteiger partial charge < -0.3 is 5.73 Å². The van der Waals surface area contributed by atoms with Crippen LogP contribution in [0.5, 0.6) is 0 Å². The number of carbonyl (C=O) groups excluding carboxylic acids is 1. The Morgan fingerprint density at radius 3 is 2.86 bits per heavy atom. The summed E-state index contributed by atoms with van der Waals surface area (Å²) in [5.41, 5.74) is 5.98. The molecule has 1 amide bonds. The zero-order valence-corrected chi connectivity index (χ0v) is 7.29. The summed E-state index contributed by atoms with van der Waals surface area (Å²) in [7, 11) is 0. The highest BCUT2D eigenvalue weighted by atomic mass is 16.1. The van der Waals surface area contributed by atoms with E-state index in [9.17, 15) is 4.79 Å². The first kappa shape index (κ1) is 8.43. The van der Waals surface area contributed by atoms with Gasteiger partial charge in [-0.05, 0) is 18.2 Å². The highest BCUT2D eigenvalue weighted by molar-refractivity contribution is 5.94. The van der Waals surface area contributed by atoms with Gasteiger partial charge in [0.1, 0.15) is 0 Å². The standard InChI is InChI=1S/C9H8N4O/c10-9(14)8-7(3-1-4-11-8)13-6-2-5-12-13/h1-6H,(H2,10,14). The average molecular weight is 188 g/mol. The number of nitrogens with zero attached hydrogens (tertiary/aromatic N) is 3. The van der Waals surface area contributed by atoms with Gasteiger partial charge in [0.05, 0.1) is 5.69 Å². The summed E-state index contributed by atoms with van der Waals surface area (Å²) >= 11 is 0. The number of hydrogen-bond donors (Lipinski definition) is 1. The van der Waals surface area contributed by atoms with Gasteiger partial charge in [-0.25, -0.2) is 9.67 Å². The summed E-state index contributed by atoms with van der Waals surface area (Å²) in [6.07, 6.45) is 4.87. The van der Waals surface area contributed by atoms with Crippen LogP contribution in [0.2, 0.25) is 0 Å². The molecular weight excluding hydrogens is 180 g/mol. The molecule has 2 heterocycles. The van der Waals surface area contributed by atoms with Crippen LogP contribution in [0.25, 0.3) is 5.69 Å². The molecule has 2 N–H and O–H groups in total. The van der Waals surface area contributed by atoms with E-state index in [1.54, 1.807) is 35.3 Å². The van der Waals surface area contributed by atoms with E-state index in [1.165, 1.54) is 6.20 Å². The second-order valence-corrected chi connectivity index (χ2v) is 2.69. The molecule has 0 unspecified atom stereocenters. The Labute approximate surface area is 80.2 Å². The fourth-order valence-corrected chi connectivity index (χ4v) is 1.18. The molecule has 2 rings (SSSR count). The van der Waals surface area contributed by atoms with Crippen LogP contribution in [0.4, 0.5) is 0 Å². The second-order valence-electron chi connectivity index (χ2n) is 2.69. The third kappa shape index (κ3) is 1.35. The lowest BCUT2D eigenvalue weighted by molar-refractivity contribution is 0.0995. The first-order valence-corrected chi connectivity index (χ1v) is 4.04. The maximum atomic E-state index is 11.0. The Morgan fingerprint density at radius 2 is 2.21 bits per heavy atom. The number of nitrogens with two attached hydrogens (primary N) is 1. The van der Waals surface area contributed by atoms with Crippen LogP contribution in [0.3, 0.4) is 0 Å². The highest BCUT2D eigenvalue weighted by Crippen LogP contribution is 2.09. The van der Waals surface area contributed by atoms with E-state index >= 15 is 0 Å². The second kappa shape index (κ2) is 3.29. The molecule has 0 atom stereocenters. The molecule has 0 aliphatic heterocycles. The summed E-state index contributed by atoms with van der Waals surface area (Å²) in [5, 5.41) is 4.00. The molecule has 70 valence electrons. The van der Waals surface area contributed by atoms with E-state index < -0.39 is 5.91 Å². The predicted molar refractivity (Wildman–Crippen MR) is 49.9 cm³/mol. The number of carbonyl (C=O) groups is 1. The third-order valence-electron chi connectivity index (χ3n) is 1.77. The molecule has 0 aromatic carbocycles. The predicted octanol–water partition coefficient (Wildman–Crippen LogP) is 0.366. The largest absolute Gasteiger partial charge is 0.364 e.